The molecule has 0 spiro atoms. The first-order valence-electron chi connectivity index (χ1n) is 50.5. The van der Waals surface area contributed by atoms with Crippen LogP contribution in [-0.4, -0.2) is 122 Å². The summed E-state index contributed by atoms with van der Waals surface area (Å²) in [5.41, 5.74) is 2.87. The van der Waals surface area contributed by atoms with Crippen LogP contribution in [0.4, 0.5) is 0 Å². The van der Waals surface area contributed by atoms with Gasteiger partial charge in [0.15, 0.2) is 12.6 Å². The van der Waals surface area contributed by atoms with Crippen LogP contribution in [0.1, 0.15) is 316 Å². The normalized spacial score (nSPS) is 16.9. The molecule has 0 aromatic heterocycles. The van der Waals surface area contributed by atoms with Crippen LogP contribution in [0.25, 0.3) is 0 Å². The third-order valence-electron chi connectivity index (χ3n) is 22.9. The van der Waals surface area contributed by atoms with Gasteiger partial charge in [0.1, 0.15) is 6.10 Å². The van der Waals surface area contributed by atoms with E-state index in [4.69, 9.17) is 32.6 Å². The number of hydrogen-bond acceptors (Lipinski definition) is 14. The Morgan fingerprint density at radius 2 is 0.696 bits per heavy atom. The second-order valence-electron chi connectivity index (χ2n) is 35.7. The highest BCUT2D eigenvalue weighted by Gasteiger charge is 2.45. The Morgan fingerprint density at radius 3 is 1.01 bits per heavy atom. The fraction of sp³-hybridized carbons (Fsp3) is 0.450. The molecule has 15 nitrogen and oxygen atoms in total. The number of thioether (sulfide) groups is 1. The summed E-state index contributed by atoms with van der Waals surface area (Å²) in [7, 11) is -4.15. The van der Waals surface area contributed by atoms with Crippen molar-refractivity contribution < 1.29 is 129 Å². The van der Waals surface area contributed by atoms with Crippen molar-refractivity contribution in [1.29, 1.82) is 0 Å². The molecule has 0 bridgehead atoms. The van der Waals surface area contributed by atoms with Crippen molar-refractivity contribution in [2.45, 2.75) is 322 Å². The first-order chi connectivity index (χ1) is 71.9. The molecule has 2 amide bonds. The van der Waals surface area contributed by atoms with Crippen LogP contribution in [-0.2, 0) is 65.5 Å². The van der Waals surface area contributed by atoms with E-state index in [1.165, 1.54) is 121 Å². The molecular formula is C131H232N2O13S2. The quantitative estimate of drug-likeness (QED) is 0.0180. The van der Waals surface area contributed by atoms with E-state index in [2.05, 4.69) is 368 Å². The molecular weight excluding hydrogens is 1870 g/mol. The van der Waals surface area contributed by atoms with Gasteiger partial charge in [-0.05, 0) is 296 Å². The Morgan fingerprint density at radius 1 is 0.405 bits per heavy atom. The van der Waals surface area contributed by atoms with Gasteiger partial charge in [0.05, 0.1) is 80.5 Å². The SMILES string of the molecule is CC#CC#CC#CC#CC#CC#CC#CC#CC#CC#CC#CC#CC(=O)N[C@@H](CO[C@H]1OC(COS(=O)(=O)c2ccc(C)cc2)[C@H](O)[C@H](C)C1C)[C@H](OCc1ccccc1)[C@H](C)CC=CCCCCCCCCCCC.CC#CC#CC#CC#CC#CC#CC#CC#CC#CC#CC#CC#CC(=O)N[C@@H](CO[C@H]1OC(CSC(C)(C)C)[C@H](O)[C@H](C)C1C)[C@H](OCc1ccccc1)[C@H](C)CC=CCCCCCCCCCCC.[HH].[HH].[HH].[HH].[HH].[HH].[HH].[HH].[HH].[HH].[HH].[HH].[HH].[HH].[HH].[HH].[HH].[HH].[HH].[HH].[HH].[HH].[HH].[HH].[HH].[HH].[HH].[HH].[HH].[HH].[HH].[HH].[HH].[HH].[HH].[HH].[HH].[HH].[HH].[HH].[HH].[HH].[HH].[HH].[HH].[HH].[HH].[HH]. The molecule has 0 aliphatic carbocycles. The summed E-state index contributed by atoms with van der Waals surface area (Å²) in [5, 5.41) is 28.5. The van der Waals surface area contributed by atoms with Crippen molar-refractivity contribution in [3.05, 3.63) is 126 Å². The van der Waals surface area contributed by atoms with E-state index in [0.29, 0.717) is 18.8 Å². The molecule has 3 aromatic rings. The largest absolute Gasteiger partial charge is 0.390 e. The van der Waals surface area contributed by atoms with E-state index >= 15 is 0 Å². The predicted molar refractivity (Wildman–Crippen MR) is 697 cm³/mol. The van der Waals surface area contributed by atoms with Gasteiger partial charge in [-0.1, -0.05) is 293 Å². The average molecular weight is 2110 g/mol. The molecule has 2 aliphatic rings. The Bertz CT molecular complexity index is 6770. The average Bonchev–Trinajstić information content (AvgIpc) is 0.808. The molecule has 3 aromatic carbocycles. The van der Waals surface area contributed by atoms with Gasteiger partial charge in [-0.15, -0.1) is 0 Å². The van der Waals surface area contributed by atoms with Crippen molar-refractivity contribution in [1.82, 2.24) is 10.6 Å². The Balaban J connectivity index is -0.0000000435. The number of benzene rings is 3. The number of rotatable bonds is 48. The number of carbonyl (C=O) groups excluding carboxylic acids is 2. The summed E-state index contributed by atoms with van der Waals surface area (Å²) in [4.78, 5) is 27.1. The first-order valence-corrected chi connectivity index (χ1v) is 52.9. The number of ether oxygens (including phenoxy) is 6. The van der Waals surface area contributed by atoms with Crippen LogP contribution < -0.4 is 10.6 Å². The zero-order valence-corrected chi connectivity index (χ0v) is 89.8. The van der Waals surface area contributed by atoms with Crippen LogP contribution in [0.15, 0.2) is 114 Å². The highest BCUT2D eigenvalue weighted by atomic mass is 32.2. The topological polar surface area (TPSA) is 197 Å². The maximum Gasteiger partial charge on any atom is 0.297 e. The van der Waals surface area contributed by atoms with Gasteiger partial charge in [-0.2, -0.15) is 20.2 Å². The lowest BCUT2D eigenvalue weighted by atomic mass is 9.85. The van der Waals surface area contributed by atoms with Gasteiger partial charge in [-0.25, -0.2) is 0 Å². The zero-order chi connectivity index (χ0) is 107. The minimum atomic E-state index is -4.15. The van der Waals surface area contributed by atoms with Gasteiger partial charge in [0.25, 0.3) is 21.9 Å². The Labute approximate surface area is 963 Å². The van der Waals surface area contributed by atoms with Gasteiger partial charge in [0.2, 0.25) is 0 Å². The molecule has 5 rings (SSSR count). The summed E-state index contributed by atoms with van der Waals surface area (Å²) in [6.45, 7) is 28.4. The van der Waals surface area contributed by atoms with Gasteiger partial charge in [0, 0.05) is 174 Å². The maximum atomic E-state index is 13.6. The second-order valence-corrected chi connectivity index (χ2v) is 39.1. The second kappa shape index (κ2) is 81.6. The van der Waals surface area contributed by atoms with E-state index in [1.54, 1.807) is 37.7 Å². The minimum Gasteiger partial charge on any atom is -0.390 e. The van der Waals surface area contributed by atoms with Crippen molar-refractivity contribution in [2.75, 3.05) is 25.6 Å². The Hall–Kier alpha value is -14.5. The molecule has 856 valence electrons. The number of amides is 2. The van der Waals surface area contributed by atoms with Gasteiger partial charge in [-0.3, -0.25) is 13.8 Å². The standard InChI is InChI=1S/C67H67NO8S.C64H69NO5S.48H2/c1-7-9-11-13-15-17-19-21-22-23-24-25-26-27-28-29-30-31-33-35-37-39-44-48-64(69)68-62(54-74-67-59(6)58(5)65(70)63(76-67)55-75-77(71,72)61-51-49-56(3)50-52-61)66(73-53-60-46-42-40-43-47-60)57(4)45-41-38-36-34-32-20-18-16-14-12-10-8-2;1-9-11-13-15-17-19-21-23-24-25-26-27-28-29-30-31-32-33-35-37-39-41-46-50-60(66)65-58(52-69-63-56(5)55(4)61(67)59(70-63)53-71-64(6,7)8)62(68-51-57-48-44-42-45-49-57)54(3)47-43-40-38-36-34-22-20-18-16-14-12-10-2;;;;;;;;;;;;;;;;;;;;;;;;;;;;;;;;;;;;;;;;;;;;;;;;/h38,40-43,46-47,49-52,57-59,62-63,65-67,70H,8,10,12,14,16,18,20,32,34,36,45,53-55H2,1-6H3,(H,68,69);40,42-45,48-49,54-56,58-59,61-63,67H,10,12,14,16,18,20,22,34,36,38,47,51-53H2,1-8H3,(H,65,66);48*1H/t57-,58-,59?,62+,63?,65-,66-,67+;54-,55-,56?,58+,59?,61-,62-,63+;;;;;;;;;;;;;;;;;;;;;;;;;;;;;;;;;;;;;;;;;;;;;;;;/m11................................................/s1. The number of unbranched alkanes of at least 4 members (excludes halogenated alkanes) is 18. The third-order valence-corrected chi connectivity index (χ3v) is 25.5. The van der Waals surface area contributed by atoms with E-state index < -0.39 is 89.8 Å². The van der Waals surface area contributed by atoms with E-state index in [0.717, 1.165) is 42.4 Å². The molecule has 16 atom stereocenters. The lowest BCUT2D eigenvalue weighted by Crippen LogP contribution is -2.54. The summed E-state index contributed by atoms with van der Waals surface area (Å²) < 4.78 is 70.8. The van der Waals surface area contributed by atoms with Gasteiger partial charge >= 0.3 is 0 Å². The number of nitrogens with one attached hydrogen (secondary N) is 2. The minimum absolute atomic E-state index is 0. The van der Waals surface area contributed by atoms with E-state index in [1.807, 2.05) is 95.3 Å². The lowest BCUT2D eigenvalue weighted by molar-refractivity contribution is -0.270. The monoisotopic (exact) mass is 2110 g/mol. The maximum absolute atomic E-state index is 13.6. The number of aryl methyl sites for hydroxylation is 1. The molecule has 4 N–H and O–H groups in total. The number of hydrogen-bond donors (Lipinski definition) is 4. The lowest BCUT2D eigenvalue weighted by Gasteiger charge is -2.43. The van der Waals surface area contributed by atoms with Crippen molar-refractivity contribution in [3.8, 4) is 284 Å². The molecule has 0 radical (unpaired) electrons. The summed E-state index contributed by atoms with van der Waals surface area (Å²) in [5.74, 6) is 121. The zero-order valence-electron chi connectivity index (χ0n) is 88.1. The van der Waals surface area contributed by atoms with Crippen LogP contribution >= 0.6 is 11.8 Å². The van der Waals surface area contributed by atoms with Gasteiger partial charge < -0.3 is 49.3 Å². The van der Waals surface area contributed by atoms with E-state index in [9.17, 15) is 28.2 Å². The number of carbonyl (C=O) groups is 2. The molecule has 4 unspecified atom stereocenters. The summed E-state index contributed by atoms with van der Waals surface area (Å²) in [6, 6.07) is 24.7. The summed E-state index contributed by atoms with van der Waals surface area (Å²) in [6.07, 6.45) is 29.7. The van der Waals surface area contributed by atoms with E-state index in [-0.39, 0.29) is 133 Å². The highest BCUT2D eigenvalue weighted by Crippen LogP contribution is 2.37. The van der Waals surface area contributed by atoms with Crippen LogP contribution in [0.3, 0.4) is 0 Å². The van der Waals surface area contributed by atoms with Crippen molar-refractivity contribution in [3.63, 3.8) is 0 Å². The van der Waals surface area contributed by atoms with Crippen LogP contribution in [0.5, 0.6) is 0 Å². The molecule has 17 heteroatoms. The van der Waals surface area contributed by atoms with Crippen LogP contribution in [0.2, 0.25) is 0 Å². The Kier molecular flexibility index (Phi) is 69.4. The third kappa shape index (κ3) is 61.0. The van der Waals surface area contributed by atoms with Crippen molar-refractivity contribution >= 4 is 33.7 Å². The first kappa shape index (κ1) is 126. The number of aliphatic hydroxyl groups excluding tert-OH is 2. The van der Waals surface area contributed by atoms with Crippen LogP contribution in [0, 0.1) is 327 Å². The number of aliphatic hydroxyl groups is 2. The summed E-state index contributed by atoms with van der Waals surface area (Å²) >= 11 is 1.75. The molecule has 148 heavy (non-hydrogen) atoms. The molecule has 2 fully saturated rings. The molecule has 2 saturated heterocycles. The number of allylic oxidation sites excluding steroid dienone is 4. The predicted octanol–water partition coefficient (Wildman–Crippen LogP) is 30.0. The molecule has 0 saturated carbocycles. The molecule has 2 heterocycles. The fourth-order valence-electron chi connectivity index (χ4n) is 14.4. The molecule has 2 aliphatic heterocycles. The van der Waals surface area contributed by atoms with Crippen molar-refractivity contribution in [2.24, 2.45) is 35.5 Å². The highest BCUT2D eigenvalue weighted by molar-refractivity contribution is 8.00. The fourth-order valence-corrected chi connectivity index (χ4v) is 16.3. The smallest absolute Gasteiger partial charge is 0.297 e.